The van der Waals surface area contributed by atoms with E-state index >= 15 is 0 Å². The molecule has 1 aliphatic rings. The molecule has 0 saturated carbocycles. The Morgan fingerprint density at radius 2 is 2.07 bits per heavy atom. The molecule has 76 valence electrons. The van der Waals surface area contributed by atoms with E-state index in [1.807, 2.05) is 0 Å². The molecule has 0 saturated heterocycles. The Morgan fingerprint density at radius 3 is 2.71 bits per heavy atom. The molecule has 1 aliphatic heterocycles. The Morgan fingerprint density at radius 1 is 1.43 bits per heavy atom. The first kappa shape index (κ1) is 10.3. The summed E-state index contributed by atoms with van der Waals surface area (Å²) >= 11 is 9.56. The topological polar surface area (TPSA) is 3.24 Å². The van der Waals surface area contributed by atoms with Gasteiger partial charge in [-0.05, 0) is 33.6 Å². The molecule has 0 amide bonds. The van der Waals surface area contributed by atoms with Crippen LogP contribution in [0.1, 0.15) is 19.4 Å². The molecule has 0 radical (unpaired) electrons. The molecule has 0 unspecified atom stereocenters. The lowest BCUT2D eigenvalue weighted by molar-refractivity contribution is 0.563. The zero-order valence-electron chi connectivity index (χ0n) is 8.56. The molecule has 0 spiro atoms. The molecule has 1 nitrogen and oxygen atoms in total. The summed E-state index contributed by atoms with van der Waals surface area (Å²) < 4.78 is 0.975. The number of hydrogen-bond acceptors (Lipinski definition) is 1. The van der Waals surface area contributed by atoms with Gasteiger partial charge in [-0.2, -0.15) is 0 Å². The van der Waals surface area contributed by atoms with Gasteiger partial charge < -0.3 is 4.90 Å². The van der Waals surface area contributed by atoms with Gasteiger partial charge >= 0.3 is 0 Å². The summed E-state index contributed by atoms with van der Waals surface area (Å²) in [5, 5.41) is 0.798. The van der Waals surface area contributed by atoms with Crippen molar-refractivity contribution in [3.05, 3.63) is 27.2 Å². The second-order valence-corrected chi connectivity index (χ2v) is 5.78. The fourth-order valence-electron chi connectivity index (χ4n) is 2.16. The zero-order chi connectivity index (χ0) is 10.5. The highest BCUT2D eigenvalue weighted by Gasteiger charge is 2.33. The molecular weight excluding hydrogens is 261 g/mol. The van der Waals surface area contributed by atoms with Gasteiger partial charge in [0.25, 0.3) is 0 Å². The van der Waals surface area contributed by atoms with Gasteiger partial charge in [0.2, 0.25) is 0 Å². The molecular formula is C11H13BrClN. The Kier molecular flexibility index (Phi) is 2.31. The fraction of sp³-hybridized carbons (Fsp3) is 0.455. The number of anilines is 1. The number of nitrogens with zero attached hydrogens (tertiary/aromatic N) is 1. The van der Waals surface area contributed by atoms with Crippen LogP contribution in [0.15, 0.2) is 16.6 Å². The Labute approximate surface area is 98.2 Å². The van der Waals surface area contributed by atoms with Crippen molar-refractivity contribution in [1.82, 2.24) is 0 Å². The highest BCUT2D eigenvalue weighted by molar-refractivity contribution is 9.10. The first-order valence-electron chi connectivity index (χ1n) is 4.62. The number of fused-ring (bicyclic) bond motifs is 1. The highest BCUT2D eigenvalue weighted by Crippen LogP contribution is 2.43. The maximum atomic E-state index is 6.10. The minimum absolute atomic E-state index is 0.203. The molecule has 1 aromatic rings. The van der Waals surface area contributed by atoms with Gasteiger partial charge in [-0.3, -0.25) is 0 Å². The second-order valence-electron chi connectivity index (χ2n) is 4.52. The summed E-state index contributed by atoms with van der Waals surface area (Å²) in [5.41, 5.74) is 2.83. The largest absolute Gasteiger partial charge is 0.373 e. The van der Waals surface area contributed by atoms with Crippen molar-refractivity contribution in [3.8, 4) is 0 Å². The Balaban J connectivity index is 2.64. The number of rotatable bonds is 0. The third kappa shape index (κ3) is 1.45. The first-order valence-corrected chi connectivity index (χ1v) is 5.79. The Bertz CT molecular complexity index is 387. The normalized spacial score (nSPS) is 18.5. The number of benzene rings is 1. The van der Waals surface area contributed by atoms with Crippen LogP contribution in [0.25, 0.3) is 0 Å². The lowest BCUT2D eigenvalue weighted by atomic mass is 9.87. The molecule has 1 heterocycles. The van der Waals surface area contributed by atoms with Gasteiger partial charge in [-0.25, -0.2) is 0 Å². The van der Waals surface area contributed by atoms with Gasteiger partial charge in [-0.1, -0.05) is 25.4 Å². The molecule has 2 rings (SSSR count). The predicted molar refractivity (Wildman–Crippen MR) is 65.4 cm³/mol. The first-order chi connectivity index (χ1) is 6.42. The summed E-state index contributed by atoms with van der Waals surface area (Å²) in [6, 6.07) is 4.18. The van der Waals surface area contributed by atoms with Gasteiger partial charge in [0.05, 0.1) is 5.02 Å². The van der Waals surface area contributed by atoms with Crippen molar-refractivity contribution < 1.29 is 0 Å². The van der Waals surface area contributed by atoms with Crippen LogP contribution >= 0.6 is 27.5 Å². The van der Waals surface area contributed by atoms with Crippen LogP contribution in [0.3, 0.4) is 0 Å². The van der Waals surface area contributed by atoms with Crippen molar-refractivity contribution in [2.75, 3.05) is 18.5 Å². The fourth-order valence-corrected chi connectivity index (χ4v) is 2.65. The lowest BCUT2D eigenvalue weighted by Gasteiger charge is -2.18. The van der Waals surface area contributed by atoms with E-state index in [-0.39, 0.29) is 5.41 Å². The third-order valence-corrected chi connectivity index (χ3v) is 4.01. The summed E-state index contributed by atoms with van der Waals surface area (Å²) in [6.07, 6.45) is 0. The molecule has 0 bridgehead atoms. The van der Waals surface area contributed by atoms with E-state index in [2.05, 4.69) is 53.9 Å². The smallest absolute Gasteiger partial charge is 0.0552 e. The lowest BCUT2D eigenvalue weighted by Crippen LogP contribution is -2.24. The van der Waals surface area contributed by atoms with E-state index < -0.39 is 0 Å². The van der Waals surface area contributed by atoms with Crippen molar-refractivity contribution in [1.29, 1.82) is 0 Å². The van der Waals surface area contributed by atoms with Crippen LogP contribution in [0, 0.1) is 0 Å². The number of halogens is 2. The van der Waals surface area contributed by atoms with Gasteiger partial charge in [0.15, 0.2) is 0 Å². The van der Waals surface area contributed by atoms with E-state index in [4.69, 9.17) is 11.6 Å². The van der Waals surface area contributed by atoms with Crippen molar-refractivity contribution >= 4 is 33.2 Å². The maximum absolute atomic E-state index is 6.10. The summed E-state index contributed by atoms with van der Waals surface area (Å²) in [5.74, 6) is 0. The van der Waals surface area contributed by atoms with Crippen LogP contribution in [0.4, 0.5) is 5.69 Å². The monoisotopic (exact) mass is 273 g/mol. The molecule has 0 atom stereocenters. The van der Waals surface area contributed by atoms with Gasteiger partial charge in [0, 0.05) is 29.2 Å². The van der Waals surface area contributed by atoms with Crippen LogP contribution in [0.5, 0.6) is 0 Å². The SMILES string of the molecule is CN1CC(C)(C)c2cc(Cl)c(Br)cc21. The summed E-state index contributed by atoms with van der Waals surface area (Å²) in [6.45, 7) is 5.55. The van der Waals surface area contributed by atoms with E-state index in [0.717, 1.165) is 16.0 Å². The standard InChI is InChI=1S/C11H13BrClN/c1-11(2)6-14(3)10-5-8(12)9(13)4-7(10)11/h4-5H,6H2,1-3H3. The molecule has 0 aromatic heterocycles. The van der Waals surface area contributed by atoms with Gasteiger partial charge in [-0.15, -0.1) is 0 Å². The van der Waals surface area contributed by atoms with E-state index in [0.29, 0.717) is 0 Å². The van der Waals surface area contributed by atoms with E-state index in [1.165, 1.54) is 11.3 Å². The molecule has 0 fully saturated rings. The van der Waals surface area contributed by atoms with Crippen LogP contribution in [0.2, 0.25) is 5.02 Å². The minimum Gasteiger partial charge on any atom is -0.373 e. The molecule has 3 heteroatoms. The average Bonchev–Trinajstić information content (AvgIpc) is 2.26. The zero-order valence-corrected chi connectivity index (χ0v) is 10.9. The van der Waals surface area contributed by atoms with Gasteiger partial charge in [0.1, 0.15) is 0 Å². The number of hydrogen-bond donors (Lipinski definition) is 0. The number of likely N-dealkylation sites (N-methyl/N-ethyl adjacent to an activating group) is 1. The summed E-state index contributed by atoms with van der Waals surface area (Å²) in [4.78, 5) is 2.27. The quantitative estimate of drug-likeness (QED) is 0.695. The second kappa shape index (κ2) is 3.14. The predicted octanol–water partition coefficient (Wildman–Crippen LogP) is 3.83. The van der Waals surface area contributed by atoms with Crippen molar-refractivity contribution in [3.63, 3.8) is 0 Å². The highest BCUT2D eigenvalue weighted by atomic mass is 79.9. The maximum Gasteiger partial charge on any atom is 0.0552 e. The average molecular weight is 275 g/mol. The molecule has 14 heavy (non-hydrogen) atoms. The molecule has 0 N–H and O–H groups in total. The molecule has 1 aromatic carbocycles. The Hall–Kier alpha value is -0.210. The summed E-state index contributed by atoms with van der Waals surface area (Å²) in [7, 11) is 2.12. The van der Waals surface area contributed by atoms with Crippen LogP contribution < -0.4 is 4.90 Å². The van der Waals surface area contributed by atoms with Crippen molar-refractivity contribution in [2.24, 2.45) is 0 Å². The van der Waals surface area contributed by atoms with Crippen LogP contribution in [-0.4, -0.2) is 13.6 Å². The molecule has 0 aliphatic carbocycles. The van der Waals surface area contributed by atoms with Crippen LogP contribution in [-0.2, 0) is 5.41 Å². The minimum atomic E-state index is 0.203. The van der Waals surface area contributed by atoms with E-state index in [1.54, 1.807) is 0 Å². The van der Waals surface area contributed by atoms with E-state index in [9.17, 15) is 0 Å². The van der Waals surface area contributed by atoms with Crippen molar-refractivity contribution in [2.45, 2.75) is 19.3 Å². The third-order valence-electron chi connectivity index (χ3n) is 2.81.